The number of hydrogen-bond donors (Lipinski definition) is 1. The monoisotopic (exact) mass is 225 g/mol. The molecule has 0 radical (unpaired) electrons. The average molecular weight is 225 g/mol. The van der Waals surface area contributed by atoms with Crippen molar-refractivity contribution in [3.05, 3.63) is 24.0 Å². The zero-order valence-electron chi connectivity index (χ0n) is 9.56. The first-order chi connectivity index (χ1) is 7.29. The van der Waals surface area contributed by atoms with Crippen molar-refractivity contribution < 1.29 is 19.4 Å². The number of ether oxygens (including phenoxy) is 1. The fraction of sp³-hybridized carbons (Fsp3) is 0.455. The van der Waals surface area contributed by atoms with Crippen molar-refractivity contribution in [2.45, 2.75) is 32.9 Å². The van der Waals surface area contributed by atoms with Crippen molar-refractivity contribution in [2.24, 2.45) is 0 Å². The second-order valence-corrected chi connectivity index (χ2v) is 4.41. The Morgan fingerprint density at radius 1 is 1.44 bits per heavy atom. The van der Waals surface area contributed by atoms with Gasteiger partial charge in [-0.25, -0.2) is 4.79 Å². The zero-order chi connectivity index (χ0) is 12.3. The van der Waals surface area contributed by atoms with Crippen molar-refractivity contribution >= 4 is 11.9 Å². The van der Waals surface area contributed by atoms with Gasteiger partial charge < -0.3 is 14.4 Å². The Bertz CT molecular complexity index is 400. The molecule has 0 amide bonds. The maximum atomic E-state index is 11.5. The highest BCUT2D eigenvalue weighted by molar-refractivity contribution is 5.86. The molecule has 5 heteroatoms. The lowest BCUT2D eigenvalue weighted by Crippen LogP contribution is -2.27. The van der Waals surface area contributed by atoms with Gasteiger partial charge in [-0.3, -0.25) is 4.79 Å². The Hall–Kier alpha value is -1.78. The van der Waals surface area contributed by atoms with Gasteiger partial charge in [0.25, 0.3) is 0 Å². The molecule has 1 N–H and O–H groups in total. The first-order valence-electron chi connectivity index (χ1n) is 4.90. The third kappa shape index (κ3) is 3.42. The molecule has 1 aromatic heterocycles. The minimum absolute atomic E-state index is 0.0749. The lowest BCUT2D eigenvalue weighted by molar-refractivity contribution is -0.155. The third-order valence-electron chi connectivity index (χ3n) is 1.77. The van der Waals surface area contributed by atoms with Crippen LogP contribution in [-0.2, 0) is 16.1 Å². The molecule has 0 aromatic carbocycles. The van der Waals surface area contributed by atoms with Gasteiger partial charge in [-0.15, -0.1) is 0 Å². The van der Waals surface area contributed by atoms with Crippen LogP contribution in [0, 0.1) is 0 Å². The van der Waals surface area contributed by atoms with Crippen LogP contribution in [0.5, 0.6) is 0 Å². The van der Waals surface area contributed by atoms with Gasteiger partial charge in [0.05, 0.1) is 0 Å². The predicted molar refractivity (Wildman–Crippen MR) is 57.2 cm³/mol. The van der Waals surface area contributed by atoms with Crippen LogP contribution in [-0.4, -0.2) is 27.2 Å². The van der Waals surface area contributed by atoms with Crippen LogP contribution in [0.15, 0.2) is 18.3 Å². The molecular formula is C11H15NO4. The van der Waals surface area contributed by atoms with E-state index >= 15 is 0 Å². The highest BCUT2D eigenvalue weighted by Gasteiger charge is 2.18. The lowest BCUT2D eigenvalue weighted by Gasteiger charge is -2.19. The average Bonchev–Trinajstić information content (AvgIpc) is 2.47. The van der Waals surface area contributed by atoms with E-state index in [0.29, 0.717) is 0 Å². The van der Waals surface area contributed by atoms with Gasteiger partial charge in [0.15, 0.2) is 0 Å². The molecule has 0 unspecified atom stereocenters. The van der Waals surface area contributed by atoms with Crippen LogP contribution >= 0.6 is 0 Å². The van der Waals surface area contributed by atoms with Crippen LogP contribution in [0.4, 0.5) is 0 Å². The van der Waals surface area contributed by atoms with Crippen molar-refractivity contribution in [3.63, 3.8) is 0 Å². The molecule has 1 heterocycles. The van der Waals surface area contributed by atoms with Crippen LogP contribution < -0.4 is 0 Å². The van der Waals surface area contributed by atoms with E-state index in [1.807, 2.05) is 0 Å². The number of carbonyl (C=O) groups is 2. The number of esters is 1. The molecule has 0 saturated carbocycles. The molecule has 1 aromatic rings. The SMILES string of the molecule is CC(C)(C)OC(=O)Cn1cccc1C(=O)O. The second kappa shape index (κ2) is 4.38. The largest absolute Gasteiger partial charge is 0.477 e. The fourth-order valence-electron chi connectivity index (χ4n) is 1.26. The van der Waals surface area contributed by atoms with Gasteiger partial charge >= 0.3 is 11.9 Å². The van der Waals surface area contributed by atoms with Crippen LogP contribution in [0.25, 0.3) is 0 Å². The molecule has 0 fully saturated rings. The third-order valence-corrected chi connectivity index (χ3v) is 1.77. The van der Waals surface area contributed by atoms with E-state index in [4.69, 9.17) is 9.84 Å². The molecule has 5 nitrogen and oxygen atoms in total. The number of aromatic carboxylic acids is 1. The molecule has 0 aliphatic carbocycles. The highest BCUT2D eigenvalue weighted by Crippen LogP contribution is 2.09. The summed E-state index contributed by atoms with van der Waals surface area (Å²) in [5.74, 6) is -1.51. The van der Waals surface area contributed by atoms with Gasteiger partial charge in [0.1, 0.15) is 17.8 Å². The fourth-order valence-corrected chi connectivity index (χ4v) is 1.26. The molecule has 0 aliphatic rings. The van der Waals surface area contributed by atoms with E-state index < -0.39 is 17.5 Å². The second-order valence-electron chi connectivity index (χ2n) is 4.41. The summed E-state index contributed by atoms with van der Waals surface area (Å²) in [5.41, 5.74) is -0.487. The summed E-state index contributed by atoms with van der Waals surface area (Å²) in [6, 6.07) is 3.01. The minimum atomic E-state index is -1.06. The van der Waals surface area contributed by atoms with E-state index in [9.17, 15) is 9.59 Å². The Kier molecular flexibility index (Phi) is 3.37. The summed E-state index contributed by atoms with van der Waals surface area (Å²) >= 11 is 0. The Labute approximate surface area is 93.6 Å². The Balaban J connectivity index is 2.70. The smallest absolute Gasteiger partial charge is 0.352 e. The molecule has 0 spiro atoms. The van der Waals surface area contributed by atoms with Gasteiger partial charge in [0, 0.05) is 6.20 Å². The molecule has 0 aliphatic heterocycles. The number of carboxylic acids is 1. The molecule has 0 atom stereocenters. The maximum Gasteiger partial charge on any atom is 0.352 e. The quantitative estimate of drug-likeness (QED) is 0.792. The summed E-state index contributed by atoms with van der Waals surface area (Å²) in [6.45, 7) is 5.20. The standard InChI is InChI=1S/C11H15NO4/c1-11(2,3)16-9(13)7-12-6-4-5-8(12)10(14)15/h4-6H,7H2,1-3H3,(H,14,15). The minimum Gasteiger partial charge on any atom is -0.477 e. The van der Waals surface area contributed by atoms with E-state index in [0.717, 1.165) is 0 Å². The normalized spacial score (nSPS) is 11.2. The van der Waals surface area contributed by atoms with Crippen LogP contribution in [0.1, 0.15) is 31.3 Å². The molecule has 0 bridgehead atoms. The summed E-state index contributed by atoms with van der Waals surface area (Å²) in [4.78, 5) is 22.2. The molecule has 88 valence electrons. The number of carbonyl (C=O) groups excluding carboxylic acids is 1. The van der Waals surface area contributed by atoms with E-state index in [2.05, 4.69) is 0 Å². The van der Waals surface area contributed by atoms with Crippen molar-refractivity contribution in [2.75, 3.05) is 0 Å². The first-order valence-corrected chi connectivity index (χ1v) is 4.90. The summed E-state index contributed by atoms with van der Waals surface area (Å²) in [7, 11) is 0. The summed E-state index contributed by atoms with van der Waals surface area (Å²) in [6.07, 6.45) is 1.54. The zero-order valence-corrected chi connectivity index (χ0v) is 9.56. The topological polar surface area (TPSA) is 68.5 Å². The van der Waals surface area contributed by atoms with Crippen molar-refractivity contribution in [3.8, 4) is 0 Å². The molecule has 1 rings (SSSR count). The number of aromatic nitrogens is 1. The van der Waals surface area contributed by atoms with Gasteiger partial charge in [-0.2, -0.15) is 0 Å². The van der Waals surface area contributed by atoms with E-state index in [-0.39, 0.29) is 12.2 Å². The number of carboxylic acid groups (broad SMARTS) is 1. The Morgan fingerprint density at radius 3 is 2.56 bits per heavy atom. The van der Waals surface area contributed by atoms with Crippen molar-refractivity contribution in [1.29, 1.82) is 0 Å². The van der Waals surface area contributed by atoms with Crippen molar-refractivity contribution in [1.82, 2.24) is 4.57 Å². The maximum absolute atomic E-state index is 11.5. The highest BCUT2D eigenvalue weighted by atomic mass is 16.6. The van der Waals surface area contributed by atoms with Crippen LogP contribution in [0.2, 0.25) is 0 Å². The predicted octanol–water partition coefficient (Wildman–Crippen LogP) is 1.53. The van der Waals surface area contributed by atoms with Gasteiger partial charge in [-0.1, -0.05) is 0 Å². The summed E-state index contributed by atoms with van der Waals surface area (Å²) in [5, 5.41) is 8.83. The van der Waals surface area contributed by atoms with Gasteiger partial charge in [-0.05, 0) is 32.9 Å². The van der Waals surface area contributed by atoms with Crippen LogP contribution in [0.3, 0.4) is 0 Å². The molecule has 16 heavy (non-hydrogen) atoms. The number of hydrogen-bond acceptors (Lipinski definition) is 3. The molecular weight excluding hydrogens is 210 g/mol. The molecule has 0 saturated heterocycles. The van der Waals surface area contributed by atoms with E-state index in [1.165, 1.54) is 16.8 Å². The number of rotatable bonds is 3. The van der Waals surface area contributed by atoms with Gasteiger partial charge in [0.2, 0.25) is 0 Å². The summed E-state index contributed by atoms with van der Waals surface area (Å²) < 4.78 is 6.44. The Morgan fingerprint density at radius 2 is 2.06 bits per heavy atom. The lowest BCUT2D eigenvalue weighted by atomic mass is 10.2. The number of nitrogens with zero attached hydrogens (tertiary/aromatic N) is 1. The first kappa shape index (κ1) is 12.3. The van der Waals surface area contributed by atoms with E-state index in [1.54, 1.807) is 26.8 Å².